The smallest absolute Gasteiger partial charge is 0.276 e. The number of hydrogen-bond acceptors (Lipinski definition) is 5. The molecule has 25 heavy (non-hydrogen) atoms. The molecule has 0 radical (unpaired) electrons. The lowest BCUT2D eigenvalue weighted by Gasteiger charge is -2.08. The largest absolute Gasteiger partial charge is 0.363 e. The molecule has 0 saturated carbocycles. The van der Waals surface area contributed by atoms with Crippen molar-refractivity contribution in [3.05, 3.63) is 76.2 Å². The van der Waals surface area contributed by atoms with E-state index in [1.807, 2.05) is 18.2 Å². The molecule has 0 spiro atoms. The van der Waals surface area contributed by atoms with Crippen LogP contribution in [-0.2, 0) is 6.54 Å². The number of halogens is 2. The number of benzene rings is 1. The summed E-state index contributed by atoms with van der Waals surface area (Å²) in [7, 11) is 0. The molecule has 2 heterocycles. The van der Waals surface area contributed by atoms with Gasteiger partial charge in [0.2, 0.25) is 0 Å². The number of anilines is 2. The summed E-state index contributed by atoms with van der Waals surface area (Å²) in [5.74, 6) is 0.121. The second kappa shape index (κ2) is 7.92. The molecular formula is C17H13Cl2N5O. The monoisotopic (exact) mass is 373 g/mol. The molecule has 1 amide bonds. The van der Waals surface area contributed by atoms with Crippen LogP contribution >= 0.6 is 23.2 Å². The third kappa shape index (κ3) is 4.65. The van der Waals surface area contributed by atoms with Crippen LogP contribution in [0.15, 0.2) is 54.7 Å². The standard InChI is InChI=1S/C17H13Cl2N5O/c18-11-4-5-13(19)15(9-11)22-17(25)14-6-7-16(24-23-14)21-10-12-3-1-2-8-20-12/h1-9H,10H2,(H,21,24)(H,22,25). The van der Waals surface area contributed by atoms with Crippen molar-refractivity contribution in [3.8, 4) is 0 Å². The number of nitrogens with one attached hydrogen (secondary N) is 2. The first-order chi connectivity index (χ1) is 12.1. The third-order valence-electron chi connectivity index (χ3n) is 3.25. The van der Waals surface area contributed by atoms with Gasteiger partial charge < -0.3 is 10.6 Å². The fourth-order valence-electron chi connectivity index (χ4n) is 2.01. The van der Waals surface area contributed by atoms with E-state index in [2.05, 4.69) is 25.8 Å². The molecule has 2 N–H and O–H groups in total. The van der Waals surface area contributed by atoms with Crippen LogP contribution in [0.5, 0.6) is 0 Å². The summed E-state index contributed by atoms with van der Waals surface area (Å²) < 4.78 is 0. The van der Waals surface area contributed by atoms with E-state index >= 15 is 0 Å². The van der Waals surface area contributed by atoms with Crippen LogP contribution in [0.25, 0.3) is 0 Å². The van der Waals surface area contributed by atoms with Gasteiger partial charge in [-0.15, -0.1) is 10.2 Å². The summed E-state index contributed by atoms with van der Waals surface area (Å²) in [6.45, 7) is 0.513. The molecule has 0 saturated heterocycles. The van der Waals surface area contributed by atoms with Crippen LogP contribution in [0.2, 0.25) is 10.0 Å². The molecule has 0 atom stereocenters. The topological polar surface area (TPSA) is 79.8 Å². The number of hydrogen-bond donors (Lipinski definition) is 2. The Morgan fingerprint density at radius 3 is 2.64 bits per heavy atom. The van der Waals surface area contributed by atoms with E-state index in [4.69, 9.17) is 23.2 Å². The Hall–Kier alpha value is -2.70. The lowest BCUT2D eigenvalue weighted by atomic mass is 10.3. The first kappa shape index (κ1) is 17.1. The van der Waals surface area contributed by atoms with E-state index in [1.165, 1.54) is 0 Å². The second-order valence-corrected chi connectivity index (χ2v) is 5.90. The Bertz CT molecular complexity index is 872. The van der Waals surface area contributed by atoms with Crippen LogP contribution in [0, 0.1) is 0 Å². The lowest BCUT2D eigenvalue weighted by Crippen LogP contribution is -2.15. The first-order valence-electron chi connectivity index (χ1n) is 7.36. The highest BCUT2D eigenvalue weighted by Gasteiger charge is 2.11. The Morgan fingerprint density at radius 1 is 1.04 bits per heavy atom. The van der Waals surface area contributed by atoms with Crippen LogP contribution in [-0.4, -0.2) is 21.1 Å². The Kier molecular flexibility index (Phi) is 5.42. The number of nitrogens with zero attached hydrogens (tertiary/aromatic N) is 3. The highest BCUT2D eigenvalue weighted by atomic mass is 35.5. The summed E-state index contributed by atoms with van der Waals surface area (Å²) in [6, 6.07) is 13.7. The molecule has 0 aliphatic rings. The van der Waals surface area contributed by atoms with Gasteiger partial charge >= 0.3 is 0 Å². The van der Waals surface area contributed by atoms with Gasteiger partial charge in [-0.2, -0.15) is 0 Å². The van der Waals surface area contributed by atoms with E-state index in [0.29, 0.717) is 28.1 Å². The molecule has 0 aliphatic heterocycles. The summed E-state index contributed by atoms with van der Waals surface area (Å²) in [4.78, 5) is 16.4. The minimum absolute atomic E-state index is 0.166. The highest BCUT2D eigenvalue weighted by molar-refractivity contribution is 6.35. The molecule has 3 rings (SSSR count). The first-order valence-corrected chi connectivity index (χ1v) is 8.11. The van der Waals surface area contributed by atoms with E-state index < -0.39 is 5.91 Å². The minimum Gasteiger partial charge on any atom is -0.363 e. The second-order valence-electron chi connectivity index (χ2n) is 5.06. The average molecular weight is 374 g/mol. The highest BCUT2D eigenvalue weighted by Crippen LogP contribution is 2.25. The fourth-order valence-corrected chi connectivity index (χ4v) is 2.35. The van der Waals surface area contributed by atoms with Gasteiger partial charge in [-0.25, -0.2) is 0 Å². The van der Waals surface area contributed by atoms with Gasteiger partial charge in [-0.05, 0) is 42.5 Å². The summed E-state index contributed by atoms with van der Waals surface area (Å²) in [5.41, 5.74) is 1.46. The van der Waals surface area contributed by atoms with E-state index in [0.717, 1.165) is 5.69 Å². The number of rotatable bonds is 5. The van der Waals surface area contributed by atoms with E-state index in [1.54, 1.807) is 36.5 Å². The Morgan fingerprint density at radius 2 is 1.92 bits per heavy atom. The van der Waals surface area contributed by atoms with Crippen molar-refractivity contribution in [1.82, 2.24) is 15.2 Å². The molecule has 0 bridgehead atoms. The van der Waals surface area contributed by atoms with Gasteiger partial charge in [0.05, 0.1) is 22.9 Å². The van der Waals surface area contributed by atoms with E-state index in [-0.39, 0.29) is 5.69 Å². The Balaban J connectivity index is 1.63. The zero-order chi connectivity index (χ0) is 17.6. The van der Waals surface area contributed by atoms with Gasteiger partial charge in [-0.3, -0.25) is 9.78 Å². The Labute approximate surface area is 154 Å². The normalized spacial score (nSPS) is 10.3. The maximum atomic E-state index is 12.2. The number of amides is 1. The summed E-state index contributed by atoms with van der Waals surface area (Å²) >= 11 is 11.9. The van der Waals surface area contributed by atoms with Crippen molar-refractivity contribution in [2.24, 2.45) is 0 Å². The predicted octanol–water partition coefficient (Wildman–Crippen LogP) is 4.04. The molecule has 3 aromatic rings. The van der Waals surface area contributed by atoms with Crippen LogP contribution in [0.3, 0.4) is 0 Å². The molecular weight excluding hydrogens is 361 g/mol. The molecule has 0 aliphatic carbocycles. The predicted molar refractivity (Wildman–Crippen MR) is 98.0 cm³/mol. The number of carbonyl (C=O) groups is 1. The molecule has 2 aromatic heterocycles. The zero-order valence-corrected chi connectivity index (χ0v) is 14.4. The zero-order valence-electron chi connectivity index (χ0n) is 12.9. The maximum absolute atomic E-state index is 12.2. The summed E-state index contributed by atoms with van der Waals surface area (Å²) in [5, 5.41) is 14.5. The van der Waals surface area contributed by atoms with Gasteiger partial charge in [0.15, 0.2) is 5.69 Å². The molecule has 126 valence electrons. The number of pyridine rings is 1. The quantitative estimate of drug-likeness (QED) is 0.705. The number of aromatic nitrogens is 3. The van der Waals surface area contributed by atoms with Crippen molar-refractivity contribution in [3.63, 3.8) is 0 Å². The van der Waals surface area contributed by atoms with Gasteiger partial charge in [0.1, 0.15) is 5.82 Å². The summed E-state index contributed by atoms with van der Waals surface area (Å²) in [6.07, 6.45) is 1.72. The molecule has 0 fully saturated rings. The number of carbonyl (C=O) groups excluding carboxylic acids is 1. The van der Waals surface area contributed by atoms with Gasteiger partial charge in [-0.1, -0.05) is 29.3 Å². The molecule has 0 unspecified atom stereocenters. The SMILES string of the molecule is O=C(Nc1cc(Cl)ccc1Cl)c1ccc(NCc2ccccn2)nn1. The van der Waals surface area contributed by atoms with Gasteiger partial charge in [0, 0.05) is 11.2 Å². The molecule has 6 nitrogen and oxygen atoms in total. The van der Waals surface area contributed by atoms with Crippen LogP contribution < -0.4 is 10.6 Å². The van der Waals surface area contributed by atoms with Gasteiger partial charge in [0.25, 0.3) is 5.91 Å². The van der Waals surface area contributed by atoms with Crippen molar-refractivity contribution in [2.75, 3.05) is 10.6 Å². The van der Waals surface area contributed by atoms with Crippen LogP contribution in [0.1, 0.15) is 16.2 Å². The van der Waals surface area contributed by atoms with Crippen molar-refractivity contribution >= 4 is 40.6 Å². The van der Waals surface area contributed by atoms with Crippen LogP contribution in [0.4, 0.5) is 11.5 Å². The maximum Gasteiger partial charge on any atom is 0.276 e. The average Bonchev–Trinajstić information content (AvgIpc) is 2.64. The third-order valence-corrected chi connectivity index (χ3v) is 3.82. The van der Waals surface area contributed by atoms with E-state index in [9.17, 15) is 4.79 Å². The van der Waals surface area contributed by atoms with Crippen molar-refractivity contribution in [2.45, 2.75) is 6.54 Å². The molecule has 8 heteroatoms. The van der Waals surface area contributed by atoms with Crippen molar-refractivity contribution in [1.29, 1.82) is 0 Å². The minimum atomic E-state index is -0.423. The molecule has 1 aromatic carbocycles. The van der Waals surface area contributed by atoms with Crippen molar-refractivity contribution < 1.29 is 4.79 Å². The fraction of sp³-hybridized carbons (Fsp3) is 0.0588. The lowest BCUT2D eigenvalue weighted by molar-refractivity contribution is 0.102.